The van der Waals surface area contributed by atoms with Crippen LogP contribution in [0.4, 0.5) is 17.6 Å². The normalized spacial score (nSPS) is 10.6. The molecule has 0 aromatic heterocycles. The Kier molecular flexibility index (Phi) is 6.76. The van der Waals surface area contributed by atoms with Gasteiger partial charge in [-0.2, -0.15) is 8.78 Å². The zero-order valence-electron chi connectivity index (χ0n) is 15.2. The summed E-state index contributed by atoms with van der Waals surface area (Å²) in [6, 6.07) is 12.5. The molecule has 0 radical (unpaired) electrons. The first-order valence-electron chi connectivity index (χ1n) is 8.49. The molecule has 0 aliphatic carbocycles. The maximum absolute atomic E-state index is 14.4. The van der Waals surface area contributed by atoms with Gasteiger partial charge in [0, 0.05) is 3.57 Å². The van der Waals surface area contributed by atoms with Gasteiger partial charge in [0.05, 0.1) is 0 Å². The Labute approximate surface area is 183 Å². The highest BCUT2D eigenvalue weighted by Crippen LogP contribution is 2.34. The summed E-state index contributed by atoms with van der Waals surface area (Å²) in [6.45, 7) is 3.23. The molecule has 3 aromatic carbocycles. The van der Waals surface area contributed by atoms with Crippen molar-refractivity contribution in [3.63, 3.8) is 0 Å². The van der Waals surface area contributed by atoms with E-state index in [-0.39, 0.29) is 12.4 Å². The van der Waals surface area contributed by atoms with Crippen molar-refractivity contribution in [3.8, 4) is 11.5 Å². The Balaban J connectivity index is 1.86. The molecule has 0 unspecified atom stereocenters. The SMILES string of the molecule is C=Cc1ccc(Oc2c(F)c(F)c(C(=O)OCc3ccc(I)cc3)c(F)c2F)cc1. The second kappa shape index (κ2) is 9.29. The van der Waals surface area contributed by atoms with E-state index in [9.17, 15) is 22.4 Å². The Hall–Kier alpha value is -2.88. The van der Waals surface area contributed by atoms with E-state index >= 15 is 0 Å². The van der Waals surface area contributed by atoms with Crippen molar-refractivity contribution in [2.45, 2.75) is 6.61 Å². The largest absolute Gasteiger partial charge is 0.457 e. The molecular formula is C22H13F4IO3. The van der Waals surface area contributed by atoms with Crippen LogP contribution in [0.1, 0.15) is 21.5 Å². The molecule has 0 bridgehead atoms. The topological polar surface area (TPSA) is 35.5 Å². The van der Waals surface area contributed by atoms with E-state index in [2.05, 4.69) is 29.2 Å². The summed E-state index contributed by atoms with van der Waals surface area (Å²) < 4.78 is 68.2. The third-order valence-electron chi connectivity index (χ3n) is 4.05. The zero-order valence-corrected chi connectivity index (χ0v) is 17.4. The van der Waals surface area contributed by atoms with Gasteiger partial charge in [-0.1, -0.05) is 36.9 Å². The van der Waals surface area contributed by atoms with Crippen molar-refractivity contribution in [3.05, 3.63) is 98.6 Å². The maximum Gasteiger partial charge on any atom is 0.344 e. The van der Waals surface area contributed by atoms with Crippen molar-refractivity contribution in [1.82, 2.24) is 0 Å². The van der Waals surface area contributed by atoms with E-state index in [1.165, 1.54) is 30.3 Å². The van der Waals surface area contributed by atoms with Crippen LogP contribution < -0.4 is 4.74 Å². The highest BCUT2D eigenvalue weighted by Gasteiger charge is 2.31. The van der Waals surface area contributed by atoms with Gasteiger partial charge in [-0.15, -0.1) is 0 Å². The van der Waals surface area contributed by atoms with Crippen LogP contribution >= 0.6 is 22.6 Å². The van der Waals surface area contributed by atoms with Crippen LogP contribution in [-0.2, 0) is 11.3 Å². The minimum Gasteiger partial charge on any atom is -0.457 e. The molecule has 0 spiro atoms. The fraction of sp³-hybridized carbons (Fsp3) is 0.0455. The summed E-state index contributed by atoms with van der Waals surface area (Å²) in [7, 11) is 0. The number of halogens is 5. The van der Waals surface area contributed by atoms with Crippen molar-refractivity contribution >= 4 is 34.6 Å². The van der Waals surface area contributed by atoms with Crippen LogP contribution in [0.2, 0.25) is 0 Å². The summed E-state index contributed by atoms with van der Waals surface area (Å²) in [5.74, 6) is -10.4. The average molecular weight is 528 g/mol. The fourth-order valence-electron chi connectivity index (χ4n) is 2.47. The predicted molar refractivity (Wildman–Crippen MR) is 111 cm³/mol. The molecule has 8 heteroatoms. The lowest BCUT2D eigenvalue weighted by Gasteiger charge is -2.13. The molecule has 154 valence electrons. The fourth-order valence-corrected chi connectivity index (χ4v) is 2.83. The quantitative estimate of drug-likeness (QED) is 0.156. The van der Waals surface area contributed by atoms with Gasteiger partial charge in [0.1, 0.15) is 17.9 Å². The molecule has 0 saturated carbocycles. The van der Waals surface area contributed by atoms with E-state index in [1.54, 1.807) is 24.3 Å². The zero-order chi connectivity index (χ0) is 21.8. The molecule has 0 saturated heterocycles. The van der Waals surface area contributed by atoms with Gasteiger partial charge in [-0.25, -0.2) is 13.6 Å². The number of ether oxygens (including phenoxy) is 2. The van der Waals surface area contributed by atoms with Gasteiger partial charge in [-0.3, -0.25) is 0 Å². The van der Waals surface area contributed by atoms with Crippen LogP contribution in [0.15, 0.2) is 55.1 Å². The highest BCUT2D eigenvalue weighted by atomic mass is 127. The molecule has 0 fully saturated rings. The monoisotopic (exact) mass is 528 g/mol. The number of benzene rings is 3. The lowest BCUT2D eigenvalue weighted by atomic mass is 10.1. The smallest absolute Gasteiger partial charge is 0.344 e. The molecule has 0 heterocycles. The molecule has 0 amide bonds. The van der Waals surface area contributed by atoms with Crippen molar-refractivity contribution in [2.24, 2.45) is 0 Å². The predicted octanol–water partition coefficient (Wildman–Crippen LogP) is 6.64. The van der Waals surface area contributed by atoms with E-state index in [1.807, 2.05) is 0 Å². The summed E-state index contributed by atoms with van der Waals surface area (Å²) in [5.41, 5.74) is -0.231. The first-order valence-corrected chi connectivity index (χ1v) is 9.57. The second-order valence-electron chi connectivity index (χ2n) is 6.04. The van der Waals surface area contributed by atoms with Crippen LogP contribution in [0.25, 0.3) is 6.08 Å². The van der Waals surface area contributed by atoms with Gasteiger partial charge in [-0.05, 0) is 58.0 Å². The van der Waals surface area contributed by atoms with E-state index < -0.39 is 40.6 Å². The second-order valence-corrected chi connectivity index (χ2v) is 7.28. The molecule has 3 rings (SSSR count). The van der Waals surface area contributed by atoms with Crippen LogP contribution in [0.5, 0.6) is 11.5 Å². The minimum atomic E-state index is -1.90. The molecule has 0 aliphatic heterocycles. The molecule has 0 aliphatic rings. The minimum absolute atomic E-state index is 0.0637. The first kappa shape index (κ1) is 21.8. The summed E-state index contributed by atoms with van der Waals surface area (Å²) >= 11 is 2.07. The van der Waals surface area contributed by atoms with Crippen LogP contribution in [-0.4, -0.2) is 5.97 Å². The van der Waals surface area contributed by atoms with Crippen molar-refractivity contribution in [2.75, 3.05) is 0 Å². The third-order valence-corrected chi connectivity index (χ3v) is 4.77. The standard InChI is InChI=1S/C22H13F4IO3/c1-2-12-5-9-15(10-6-12)30-21-19(25)17(23)16(18(24)20(21)26)22(28)29-11-13-3-7-14(27)8-4-13/h2-10H,1,11H2. The lowest BCUT2D eigenvalue weighted by Crippen LogP contribution is -2.14. The molecule has 0 N–H and O–H groups in total. The van der Waals surface area contributed by atoms with E-state index in [0.717, 1.165) is 3.57 Å². The van der Waals surface area contributed by atoms with Crippen molar-refractivity contribution < 1.29 is 31.8 Å². The van der Waals surface area contributed by atoms with E-state index in [4.69, 9.17) is 9.47 Å². The highest BCUT2D eigenvalue weighted by molar-refractivity contribution is 14.1. The number of rotatable bonds is 6. The van der Waals surface area contributed by atoms with Crippen LogP contribution in [0, 0.1) is 26.8 Å². The molecular weight excluding hydrogens is 515 g/mol. The Bertz CT molecular complexity index is 1070. The molecule has 3 nitrogen and oxygen atoms in total. The number of hydrogen-bond donors (Lipinski definition) is 0. The Morgan fingerprint density at radius 3 is 2.00 bits per heavy atom. The average Bonchev–Trinajstić information content (AvgIpc) is 2.75. The molecule has 3 aromatic rings. The van der Waals surface area contributed by atoms with Gasteiger partial charge in [0.25, 0.3) is 0 Å². The van der Waals surface area contributed by atoms with Gasteiger partial charge in [0.2, 0.25) is 17.4 Å². The Morgan fingerprint density at radius 1 is 0.900 bits per heavy atom. The summed E-state index contributed by atoms with van der Waals surface area (Å²) in [5, 5.41) is 0. The Morgan fingerprint density at radius 2 is 1.47 bits per heavy atom. The lowest BCUT2D eigenvalue weighted by molar-refractivity contribution is 0.0458. The molecule has 0 atom stereocenters. The van der Waals surface area contributed by atoms with Gasteiger partial charge in [0.15, 0.2) is 11.6 Å². The van der Waals surface area contributed by atoms with Gasteiger partial charge >= 0.3 is 5.97 Å². The first-order chi connectivity index (χ1) is 14.3. The summed E-state index contributed by atoms with van der Waals surface area (Å²) in [4.78, 5) is 12.1. The number of esters is 1. The molecule has 30 heavy (non-hydrogen) atoms. The van der Waals surface area contributed by atoms with Crippen LogP contribution in [0.3, 0.4) is 0 Å². The van der Waals surface area contributed by atoms with Crippen molar-refractivity contribution in [1.29, 1.82) is 0 Å². The number of hydrogen-bond acceptors (Lipinski definition) is 3. The van der Waals surface area contributed by atoms with E-state index in [0.29, 0.717) is 11.1 Å². The third kappa shape index (κ3) is 4.64. The van der Waals surface area contributed by atoms with Gasteiger partial charge < -0.3 is 9.47 Å². The number of carbonyl (C=O) groups excluding carboxylic acids is 1. The maximum atomic E-state index is 14.4. The number of carbonyl (C=O) groups is 1. The summed E-state index contributed by atoms with van der Waals surface area (Å²) in [6.07, 6.45) is 1.53.